The van der Waals surface area contributed by atoms with Gasteiger partial charge in [-0.05, 0) is 6.54 Å². The lowest BCUT2D eigenvalue weighted by atomic mass is 10.3. The van der Waals surface area contributed by atoms with Gasteiger partial charge in [-0.15, -0.1) is 0 Å². The van der Waals surface area contributed by atoms with Crippen LogP contribution in [-0.4, -0.2) is 52.8 Å². The van der Waals surface area contributed by atoms with Crippen LogP contribution in [0.4, 0.5) is 0 Å². The molecule has 6 heteroatoms. The van der Waals surface area contributed by atoms with E-state index in [1.165, 1.54) is 11.8 Å². The Morgan fingerprint density at radius 3 is 2.62 bits per heavy atom. The minimum Gasteiger partial charge on any atom is -0.374 e. The quantitative estimate of drug-likeness (QED) is 0.579. The predicted molar refractivity (Wildman–Crippen MR) is 70.1 cm³/mol. The molecule has 2 aliphatic rings. The van der Waals surface area contributed by atoms with Gasteiger partial charge in [-0.1, -0.05) is 30.9 Å². The van der Waals surface area contributed by atoms with Crippen LogP contribution in [0.15, 0.2) is 11.1 Å². The molecule has 0 aromatic carbocycles. The minimum atomic E-state index is -0.0621. The summed E-state index contributed by atoms with van der Waals surface area (Å²) in [6.07, 6.45) is 1.94. The van der Waals surface area contributed by atoms with E-state index in [4.69, 9.17) is 12.2 Å². The maximum atomic E-state index is 11.5. The Morgan fingerprint density at radius 1 is 1.44 bits per heavy atom. The van der Waals surface area contributed by atoms with Gasteiger partial charge in [-0.2, -0.15) is 0 Å². The standard InChI is InChI=1S/C10H15N3OS2/c1-2-12-3-5-13(6-4-12)7-8-9(14)11-10(15)16-8/h7H,2-6H2,1H3,(H,11,14,15)/b8-7-. The number of amides is 1. The van der Waals surface area contributed by atoms with Crippen molar-refractivity contribution in [2.75, 3.05) is 32.7 Å². The molecular formula is C10H15N3OS2. The Kier molecular flexibility index (Phi) is 3.83. The van der Waals surface area contributed by atoms with Crippen molar-refractivity contribution in [2.24, 2.45) is 0 Å². The van der Waals surface area contributed by atoms with E-state index in [1.54, 1.807) is 0 Å². The molecule has 2 heterocycles. The Morgan fingerprint density at radius 2 is 2.12 bits per heavy atom. The third-order valence-corrected chi connectivity index (χ3v) is 3.95. The molecular weight excluding hydrogens is 242 g/mol. The number of hydrogen-bond donors (Lipinski definition) is 1. The summed E-state index contributed by atoms with van der Waals surface area (Å²) in [7, 11) is 0. The van der Waals surface area contributed by atoms with Crippen molar-refractivity contribution in [3.8, 4) is 0 Å². The van der Waals surface area contributed by atoms with E-state index in [9.17, 15) is 4.79 Å². The van der Waals surface area contributed by atoms with Crippen LogP contribution < -0.4 is 5.32 Å². The Hall–Kier alpha value is -0.590. The van der Waals surface area contributed by atoms with Crippen molar-refractivity contribution in [3.05, 3.63) is 11.1 Å². The molecule has 0 aromatic heterocycles. The lowest BCUT2D eigenvalue weighted by molar-refractivity contribution is -0.115. The topological polar surface area (TPSA) is 35.6 Å². The summed E-state index contributed by atoms with van der Waals surface area (Å²) in [5, 5.41) is 2.63. The Labute approximate surface area is 105 Å². The van der Waals surface area contributed by atoms with E-state index in [2.05, 4.69) is 22.0 Å². The zero-order valence-electron chi connectivity index (χ0n) is 9.23. The highest BCUT2D eigenvalue weighted by molar-refractivity contribution is 8.26. The zero-order valence-corrected chi connectivity index (χ0v) is 10.9. The third kappa shape index (κ3) is 2.75. The van der Waals surface area contributed by atoms with Crippen LogP contribution in [0.3, 0.4) is 0 Å². The van der Waals surface area contributed by atoms with Crippen LogP contribution in [0.5, 0.6) is 0 Å². The molecule has 0 saturated carbocycles. The molecule has 88 valence electrons. The summed E-state index contributed by atoms with van der Waals surface area (Å²) in [5.74, 6) is -0.0621. The van der Waals surface area contributed by atoms with E-state index in [-0.39, 0.29) is 5.91 Å². The highest BCUT2D eigenvalue weighted by Gasteiger charge is 2.23. The number of likely N-dealkylation sites (N-methyl/N-ethyl adjacent to an activating group) is 1. The van der Waals surface area contributed by atoms with Crippen molar-refractivity contribution in [3.63, 3.8) is 0 Å². The summed E-state index contributed by atoms with van der Waals surface area (Å²) in [4.78, 5) is 16.8. The number of thioether (sulfide) groups is 1. The predicted octanol–water partition coefficient (Wildman–Crippen LogP) is 0.613. The van der Waals surface area contributed by atoms with E-state index < -0.39 is 0 Å². The minimum absolute atomic E-state index is 0.0621. The van der Waals surface area contributed by atoms with E-state index in [0.717, 1.165) is 37.6 Å². The summed E-state index contributed by atoms with van der Waals surface area (Å²) in [6, 6.07) is 0. The average molecular weight is 257 g/mol. The van der Waals surface area contributed by atoms with Crippen LogP contribution in [0.1, 0.15) is 6.92 Å². The fourth-order valence-electron chi connectivity index (χ4n) is 1.79. The van der Waals surface area contributed by atoms with Gasteiger partial charge in [-0.25, -0.2) is 0 Å². The molecule has 2 fully saturated rings. The van der Waals surface area contributed by atoms with Crippen LogP contribution in [0.25, 0.3) is 0 Å². The monoisotopic (exact) mass is 257 g/mol. The van der Waals surface area contributed by atoms with Gasteiger partial charge >= 0.3 is 0 Å². The first-order valence-electron chi connectivity index (χ1n) is 5.40. The maximum Gasteiger partial charge on any atom is 0.265 e. The van der Waals surface area contributed by atoms with Gasteiger partial charge in [0.05, 0.1) is 4.91 Å². The normalized spacial score (nSPS) is 25.3. The molecule has 0 aliphatic carbocycles. The van der Waals surface area contributed by atoms with Gasteiger partial charge < -0.3 is 15.1 Å². The van der Waals surface area contributed by atoms with Crippen molar-refractivity contribution >= 4 is 34.2 Å². The maximum absolute atomic E-state index is 11.5. The molecule has 1 amide bonds. The molecule has 0 spiro atoms. The van der Waals surface area contributed by atoms with Gasteiger partial charge in [0.1, 0.15) is 4.32 Å². The first kappa shape index (κ1) is 11.9. The average Bonchev–Trinajstić information content (AvgIpc) is 2.59. The number of piperazine rings is 1. The summed E-state index contributed by atoms with van der Waals surface area (Å²) in [5.41, 5.74) is 0. The third-order valence-electron chi connectivity index (χ3n) is 2.80. The van der Waals surface area contributed by atoms with E-state index >= 15 is 0 Å². The number of nitrogens with zero attached hydrogens (tertiary/aromatic N) is 2. The number of carbonyl (C=O) groups excluding carboxylic acids is 1. The largest absolute Gasteiger partial charge is 0.374 e. The van der Waals surface area contributed by atoms with Crippen molar-refractivity contribution in [1.82, 2.24) is 15.1 Å². The molecule has 2 rings (SSSR count). The second-order valence-electron chi connectivity index (χ2n) is 3.81. The summed E-state index contributed by atoms with van der Waals surface area (Å²) < 4.78 is 0.559. The van der Waals surface area contributed by atoms with Crippen molar-refractivity contribution < 1.29 is 4.79 Å². The first-order valence-corrected chi connectivity index (χ1v) is 6.63. The second-order valence-corrected chi connectivity index (χ2v) is 5.53. The number of thiocarbonyl (C=S) groups is 1. The first-order chi connectivity index (χ1) is 7.69. The van der Waals surface area contributed by atoms with Gasteiger partial charge in [0.15, 0.2) is 0 Å². The lowest BCUT2D eigenvalue weighted by Gasteiger charge is -2.33. The smallest absolute Gasteiger partial charge is 0.265 e. The van der Waals surface area contributed by atoms with E-state index in [1.807, 2.05) is 6.20 Å². The highest BCUT2D eigenvalue weighted by atomic mass is 32.2. The molecule has 2 aliphatic heterocycles. The molecule has 0 unspecified atom stereocenters. The molecule has 0 aromatic rings. The number of rotatable bonds is 2. The Bertz CT molecular complexity index is 335. The fraction of sp³-hybridized carbons (Fsp3) is 0.600. The Balaban J connectivity index is 1.93. The van der Waals surface area contributed by atoms with Crippen LogP contribution in [-0.2, 0) is 4.79 Å². The SMILES string of the molecule is CCN1CCN(/C=C2\SC(=S)NC2=O)CC1. The molecule has 0 radical (unpaired) electrons. The van der Waals surface area contributed by atoms with Crippen molar-refractivity contribution in [2.45, 2.75) is 6.92 Å². The van der Waals surface area contributed by atoms with Gasteiger partial charge in [0.2, 0.25) is 0 Å². The molecule has 0 bridgehead atoms. The second kappa shape index (κ2) is 5.16. The number of carbonyl (C=O) groups is 1. The van der Waals surface area contributed by atoms with Crippen molar-refractivity contribution in [1.29, 1.82) is 0 Å². The number of nitrogens with one attached hydrogen (secondary N) is 1. The molecule has 16 heavy (non-hydrogen) atoms. The molecule has 2 saturated heterocycles. The van der Waals surface area contributed by atoms with Gasteiger partial charge in [0.25, 0.3) is 5.91 Å². The fourth-order valence-corrected chi connectivity index (χ4v) is 2.84. The number of hydrogen-bond acceptors (Lipinski definition) is 5. The lowest BCUT2D eigenvalue weighted by Crippen LogP contribution is -2.43. The highest BCUT2D eigenvalue weighted by Crippen LogP contribution is 2.24. The van der Waals surface area contributed by atoms with Gasteiger partial charge in [-0.3, -0.25) is 4.79 Å². The molecule has 0 atom stereocenters. The summed E-state index contributed by atoms with van der Waals surface area (Å²) >= 11 is 6.29. The molecule has 4 nitrogen and oxygen atoms in total. The van der Waals surface area contributed by atoms with Gasteiger partial charge in [0, 0.05) is 32.4 Å². The van der Waals surface area contributed by atoms with Crippen LogP contribution in [0.2, 0.25) is 0 Å². The van der Waals surface area contributed by atoms with E-state index in [0.29, 0.717) is 4.32 Å². The van der Waals surface area contributed by atoms with Crippen LogP contribution in [0, 0.1) is 0 Å². The zero-order chi connectivity index (χ0) is 11.5. The summed E-state index contributed by atoms with van der Waals surface area (Å²) in [6.45, 7) is 7.38. The molecule has 1 N–H and O–H groups in total. The van der Waals surface area contributed by atoms with Crippen LogP contribution >= 0.6 is 24.0 Å².